The maximum atomic E-state index is 14.2. The first-order chi connectivity index (χ1) is 16.1. The van der Waals surface area contributed by atoms with E-state index in [4.69, 9.17) is 11.6 Å². The largest absolute Gasteiger partial charge is 0.356 e. The van der Waals surface area contributed by atoms with Crippen LogP contribution in [0.25, 0.3) is 11.1 Å². The van der Waals surface area contributed by atoms with E-state index < -0.39 is 17.6 Å². The normalized spacial score (nSPS) is 15.6. The Bertz CT molecular complexity index is 1230. The van der Waals surface area contributed by atoms with Crippen LogP contribution in [0.15, 0.2) is 48.7 Å². The summed E-state index contributed by atoms with van der Waals surface area (Å²) in [6, 6.07) is 11.8. The summed E-state index contributed by atoms with van der Waals surface area (Å²) in [6.45, 7) is 4.12. The van der Waals surface area contributed by atoms with Crippen molar-refractivity contribution in [2.75, 3.05) is 23.3 Å². The van der Waals surface area contributed by atoms with Crippen molar-refractivity contribution in [3.63, 3.8) is 0 Å². The van der Waals surface area contributed by atoms with E-state index in [0.717, 1.165) is 5.56 Å². The zero-order valence-corrected chi connectivity index (χ0v) is 19.7. The third-order valence-corrected chi connectivity index (χ3v) is 6.38. The fourth-order valence-electron chi connectivity index (χ4n) is 4.25. The molecule has 0 atom stereocenters. The summed E-state index contributed by atoms with van der Waals surface area (Å²) in [5.74, 6) is -3.38. The lowest BCUT2D eigenvalue weighted by atomic mass is 9.97. The molecule has 1 aliphatic heterocycles. The molecule has 4 rings (SSSR count). The van der Waals surface area contributed by atoms with Crippen molar-refractivity contribution < 1.29 is 18.0 Å². The maximum Gasteiger partial charge on any atom is 0.259 e. The Morgan fingerprint density at radius 3 is 2.65 bits per heavy atom. The van der Waals surface area contributed by atoms with Gasteiger partial charge >= 0.3 is 0 Å². The molecule has 1 aromatic heterocycles. The van der Waals surface area contributed by atoms with Crippen LogP contribution in [0.1, 0.15) is 40.7 Å². The molecule has 1 N–H and O–H groups in total. The lowest BCUT2D eigenvalue weighted by molar-refractivity contribution is -0.0102. The molecule has 1 saturated heterocycles. The molecule has 178 valence electrons. The van der Waals surface area contributed by atoms with Crippen LogP contribution >= 0.6 is 11.6 Å². The standard InChI is InChI=1S/C26H25ClF3N3O/c1-16-5-3-6-19(13-16)32-25(34)23-17(2)20(18-7-8-21(27)22(28)14-18)15-31-24(23)33-11-4-9-26(29,30)10-12-33/h3,5-8,13-15H,4,9-12H2,1-2H3,(H,32,34). The van der Waals surface area contributed by atoms with Crippen molar-refractivity contribution in [3.05, 3.63) is 76.2 Å². The molecule has 0 aliphatic carbocycles. The number of alkyl halides is 2. The van der Waals surface area contributed by atoms with E-state index in [-0.39, 0.29) is 36.4 Å². The van der Waals surface area contributed by atoms with Crippen LogP contribution in [-0.2, 0) is 0 Å². The number of aryl methyl sites for hydroxylation is 1. The van der Waals surface area contributed by atoms with Crippen LogP contribution in [0.3, 0.4) is 0 Å². The average molecular weight is 488 g/mol. The van der Waals surface area contributed by atoms with Gasteiger partial charge in [-0.2, -0.15) is 0 Å². The number of hydrogen-bond donors (Lipinski definition) is 1. The molecule has 0 unspecified atom stereocenters. The van der Waals surface area contributed by atoms with Gasteiger partial charge in [-0.1, -0.05) is 29.8 Å². The number of nitrogens with one attached hydrogen (secondary N) is 1. The first-order valence-corrected chi connectivity index (χ1v) is 11.5. The fraction of sp³-hybridized carbons (Fsp3) is 0.308. The number of hydrogen-bond acceptors (Lipinski definition) is 3. The third-order valence-electron chi connectivity index (χ3n) is 6.07. The molecule has 0 saturated carbocycles. The van der Waals surface area contributed by atoms with Gasteiger partial charge in [0.05, 0.1) is 10.6 Å². The Labute approximate surface area is 201 Å². The minimum Gasteiger partial charge on any atom is -0.356 e. The lowest BCUT2D eigenvalue weighted by Crippen LogP contribution is -2.30. The maximum absolute atomic E-state index is 14.2. The van der Waals surface area contributed by atoms with Gasteiger partial charge in [0.2, 0.25) is 5.92 Å². The summed E-state index contributed by atoms with van der Waals surface area (Å²) in [7, 11) is 0. The molecule has 2 heterocycles. The molecule has 2 aromatic carbocycles. The monoisotopic (exact) mass is 487 g/mol. The quantitative estimate of drug-likeness (QED) is 0.429. The average Bonchev–Trinajstić information content (AvgIpc) is 2.96. The van der Waals surface area contributed by atoms with E-state index in [2.05, 4.69) is 10.3 Å². The molecule has 3 aromatic rings. The first-order valence-electron chi connectivity index (χ1n) is 11.1. The molecule has 8 heteroatoms. The van der Waals surface area contributed by atoms with Crippen molar-refractivity contribution in [1.82, 2.24) is 4.98 Å². The van der Waals surface area contributed by atoms with Crippen LogP contribution in [0.4, 0.5) is 24.7 Å². The van der Waals surface area contributed by atoms with Crippen molar-refractivity contribution in [3.8, 4) is 11.1 Å². The second kappa shape index (κ2) is 9.66. The van der Waals surface area contributed by atoms with Crippen LogP contribution < -0.4 is 10.2 Å². The summed E-state index contributed by atoms with van der Waals surface area (Å²) >= 11 is 5.84. The van der Waals surface area contributed by atoms with Crippen molar-refractivity contribution >= 4 is 29.0 Å². The second-order valence-electron chi connectivity index (χ2n) is 8.64. The highest BCUT2D eigenvalue weighted by Gasteiger charge is 2.33. The molecule has 1 amide bonds. The molecule has 0 radical (unpaired) electrons. The topological polar surface area (TPSA) is 45.2 Å². The number of rotatable bonds is 4. The van der Waals surface area contributed by atoms with E-state index in [9.17, 15) is 18.0 Å². The zero-order chi connectivity index (χ0) is 24.5. The van der Waals surface area contributed by atoms with Crippen LogP contribution in [0, 0.1) is 19.7 Å². The number of aromatic nitrogens is 1. The van der Waals surface area contributed by atoms with Gasteiger partial charge < -0.3 is 10.2 Å². The van der Waals surface area contributed by atoms with E-state index in [0.29, 0.717) is 34.7 Å². The smallest absolute Gasteiger partial charge is 0.259 e. The highest BCUT2D eigenvalue weighted by atomic mass is 35.5. The molecule has 1 fully saturated rings. The Morgan fingerprint density at radius 1 is 1.12 bits per heavy atom. The number of amides is 1. The zero-order valence-electron chi connectivity index (χ0n) is 19.0. The first kappa shape index (κ1) is 24.1. The van der Waals surface area contributed by atoms with Gasteiger partial charge in [-0.05, 0) is 61.2 Å². The summed E-state index contributed by atoms with van der Waals surface area (Å²) < 4.78 is 42.2. The third kappa shape index (κ3) is 5.20. The number of benzene rings is 2. The number of nitrogens with zero attached hydrogens (tertiary/aromatic N) is 2. The highest BCUT2D eigenvalue weighted by molar-refractivity contribution is 6.30. The molecular weight excluding hydrogens is 463 g/mol. The van der Waals surface area contributed by atoms with Gasteiger partial charge in [-0.3, -0.25) is 4.79 Å². The van der Waals surface area contributed by atoms with Crippen LogP contribution in [0.2, 0.25) is 5.02 Å². The molecule has 4 nitrogen and oxygen atoms in total. The predicted octanol–water partition coefficient (Wildman–Crippen LogP) is 7.04. The molecule has 34 heavy (non-hydrogen) atoms. The highest BCUT2D eigenvalue weighted by Crippen LogP contribution is 2.35. The summed E-state index contributed by atoms with van der Waals surface area (Å²) in [6.07, 6.45) is 1.34. The lowest BCUT2D eigenvalue weighted by Gasteiger charge is -2.26. The van der Waals surface area contributed by atoms with Crippen molar-refractivity contribution in [1.29, 1.82) is 0 Å². The molecule has 0 bridgehead atoms. The summed E-state index contributed by atoms with van der Waals surface area (Å²) in [4.78, 5) is 19.8. The van der Waals surface area contributed by atoms with E-state index in [1.165, 1.54) is 12.1 Å². The SMILES string of the molecule is Cc1cccc(NC(=O)c2c(N3CCCC(F)(F)CC3)ncc(-c3ccc(Cl)c(F)c3)c2C)c1. The Morgan fingerprint density at radius 2 is 1.91 bits per heavy atom. The van der Waals surface area contributed by atoms with Crippen molar-refractivity contribution in [2.24, 2.45) is 0 Å². The summed E-state index contributed by atoms with van der Waals surface area (Å²) in [5.41, 5.74) is 3.53. The minimum absolute atomic E-state index is 0.00566. The van der Waals surface area contributed by atoms with Gasteiger partial charge in [-0.15, -0.1) is 0 Å². The number of pyridine rings is 1. The van der Waals surface area contributed by atoms with Crippen LogP contribution in [0.5, 0.6) is 0 Å². The molecule has 1 aliphatic rings. The van der Waals surface area contributed by atoms with Gasteiger partial charge in [-0.25, -0.2) is 18.2 Å². The van der Waals surface area contributed by atoms with E-state index >= 15 is 0 Å². The summed E-state index contributed by atoms with van der Waals surface area (Å²) in [5, 5.41) is 2.90. The van der Waals surface area contributed by atoms with Gasteiger partial charge in [0.25, 0.3) is 5.91 Å². The van der Waals surface area contributed by atoms with Gasteiger partial charge in [0.15, 0.2) is 0 Å². The number of carbonyl (C=O) groups is 1. The van der Waals surface area contributed by atoms with Gasteiger partial charge in [0, 0.05) is 43.4 Å². The minimum atomic E-state index is -2.74. The Hall–Kier alpha value is -3.06. The Balaban J connectivity index is 1.79. The van der Waals surface area contributed by atoms with Crippen LogP contribution in [-0.4, -0.2) is 29.9 Å². The fourth-order valence-corrected chi connectivity index (χ4v) is 4.37. The molecular formula is C26H25ClF3N3O. The Kier molecular flexibility index (Phi) is 6.84. The van der Waals surface area contributed by atoms with E-state index in [1.807, 2.05) is 25.1 Å². The second-order valence-corrected chi connectivity index (χ2v) is 9.05. The van der Waals surface area contributed by atoms with Gasteiger partial charge in [0.1, 0.15) is 11.6 Å². The number of anilines is 2. The number of halogens is 4. The number of carbonyl (C=O) groups excluding carboxylic acids is 1. The predicted molar refractivity (Wildman–Crippen MR) is 130 cm³/mol. The van der Waals surface area contributed by atoms with E-state index in [1.54, 1.807) is 30.2 Å². The van der Waals surface area contributed by atoms with Crippen molar-refractivity contribution in [2.45, 2.75) is 39.0 Å². The molecule has 0 spiro atoms.